The van der Waals surface area contributed by atoms with E-state index in [1.165, 1.54) is 9.13 Å². The van der Waals surface area contributed by atoms with Crippen LogP contribution in [0.2, 0.25) is 0 Å². The van der Waals surface area contributed by atoms with Gasteiger partial charge in [-0.15, -0.1) is 0 Å². The number of nitrogens with one attached hydrogen (secondary N) is 1. The van der Waals surface area contributed by atoms with E-state index < -0.39 is 0 Å². The van der Waals surface area contributed by atoms with Crippen molar-refractivity contribution < 1.29 is 5.26 Å². The summed E-state index contributed by atoms with van der Waals surface area (Å²) in [5.74, 6) is 0. The minimum absolute atomic E-state index is 0.731. The van der Waals surface area contributed by atoms with Gasteiger partial charge in [-0.05, 0) is 78.4 Å². The third-order valence-corrected chi connectivity index (χ3v) is 3.80. The molecule has 29 heavy (non-hydrogen) atoms. The lowest BCUT2D eigenvalue weighted by atomic mass is 10.2. The zero-order valence-electron chi connectivity index (χ0n) is 18.3. The van der Waals surface area contributed by atoms with Gasteiger partial charge < -0.3 is 0 Å². The lowest BCUT2D eigenvalue weighted by Crippen LogP contribution is -2.17. The highest BCUT2D eigenvalue weighted by Gasteiger charge is 1.89. The molecule has 3 heteroatoms. The molecule has 152 valence electrons. The minimum Gasteiger partial charge on any atom is -0.192 e. The van der Waals surface area contributed by atoms with Gasteiger partial charge in [0.2, 0.25) is 0 Å². The van der Waals surface area contributed by atoms with E-state index in [0.29, 0.717) is 0 Å². The highest BCUT2D eigenvalue weighted by atomic mass is 127. The van der Waals surface area contributed by atoms with E-state index in [1.54, 1.807) is 6.07 Å². The highest BCUT2D eigenvalue weighted by Crippen LogP contribution is 2.01. The van der Waals surface area contributed by atoms with Gasteiger partial charge in [-0.1, -0.05) is 81.0 Å². The second kappa shape index (κ2) is 20.1. The Hall–Kier alpha value is -2.63. The lowest BCUT2D eigenvalue weighted by Gasteiger charge is -1.88. The summed E-state index contributed by atoms with van der Waals surface area (Å²) in [7, 11) is 0. The molecule has 0 spiro atoms. The second-order valence-corrected chi connectivity index (χ2v) is 6.51. The van der Waals surface area contributed by atoms with Crippen molar-refractivity contribution in [3.63, 3.8) is 0 Å². The fraction of sp³-hybridized carbons (Fsp3) is 0.231. The molecule has 0 aliphatic rings. The van der Waals surface area contributed by atoms with Crippen molar-refractivity contribution in [2.45, 2.75) is 41.5 Å². The molecule has 3 aromatic rings. The summed E-state index contributed by atoms with van der Waals surface area (Å²) < 4.78 is 1.29. The Morgan fingerprint density at radius 3 is 1.59 bits per heavy atom. The third-order valence-electron chi connectivity index (χ3n) is 3.08. The van der Waals surface area contributed by atoms with Crippen molar-refractivity contribution >= 4 is 22.6 Å². The number of nitrogens with zero attached hydrogens (tertiary/aromatic N) is 1. The van der Waals surface area contributed by atoms with E-state index >= 15 is 0 Å². The molecule has 3 aromatic carbocycles. The van der Waals surface area contributed by atoms with E-state index in [1.807, 2.05) is 102 Å². The number of hydrogen-bond acceptors (Lipinski definition) is 1. The average Bonchev–Trinajstić information content (AvgIpc) is 2.78. The molecule has 0 fully saturated rings. The van der Waals surface area contributed by atoms with Gasteiger partial charge in [0.05, 0.1) is 11.6 Å². The van der Waals surface area contributed by atoms with Crippen LogP contribution in [-0.4, -0.2) is 0 Å². The SMILES string of the molecule is CC.CC.Cc1ccc(C#[NH+])cc1.Cc1cccc(C#N)c1.Ic1ccccc1. The van der Waals surface area contributed by atoms with Crippen LogP contribution < -0.4 is 5.26 Å². The zero-order valence-corrected chi connectivity index (χ0v) is 20.5. The van der Waals surface area contributed by atoms with Crippen molar-refractivity contribution in [2.75, 3.05) is 0 Å². The standard InChI is InChI=1S/2C8H7N.C6H5I.2C2H6/c1-7-2-4-8(6-9)5-3-7;1-7-3-2-4-8(5-7)6-9;7-6-4-2-1-3-5-6;2*1-2/h2*2-5H,1H3;1-5H;2*1-2H3/p+1. The number of rotatable bonds is 0. The van der Waals surface area contributed by atoms with E-state index in [2.05, 4.69) is 46.9 Å². The predicted molar refractivity (Wildman–Crippen MR) is 133 cm³/mol. The molecule has 3 rings (SSSR count). The maximum absolute atomic E-state index is 8.41. The number of hydrogen-bond donors (Lipinski definition) is 1. The van der Waals surface area contributed by atoms with Gasteiger partial charge in [0.1, 0.15) is 5.56 Å². The maximum Gasteiger partial charge on any atom is 0.308 e. The lowest BCUT2D eigenvalue weighted by molar-refractivity contribution is -0.0909. The first-order chi connectivity index (χ1) is 14.0. The quantitative estimate of drug-likeness (QED) is 0.361. The van der Waals surface area contributed by atoms with Crippen LogP contribution in [0.3, 0.4) is 0 Å². The predicted octanol–water partition coefficient (Wildman–Crippen LogP) is 6.33. The van der Waals surface area contributed by atoms with Gasteiger partial charge in [0.25, 0.3) is 0 Å². The van der Waals surface area contributed by atoms with Gasteiger partial charge in [0.15, 0.2) is 0 Å². The summed E-state index contributed by atoms with van der Waals surface area (Å²) in [5.41, 5.74) is 3.92. The number of halogens is 1. The van der Waals surface area contributed by atoms with Gasteiger partial charge in [-0.3, -0.25) is 0 Å². The molecule has 0 bridgehead atoms. The number of benzene rings is 3. The first kappa shape index (κ1) is 28.6. The molecule has 2 nitrogen and oxygen atoms in total. The normalized spacial score (nSPS) is 7.76. The molecule has 0 amide bonds. The molecule has 0 aliphatic carbocycles. The van der Waals surface area contributed by atoms with E-state index in [-0.39, 0.29) is 0 Å². The first-order valence-electron chi connectivity index (χ1n) is 9.72. The van der Waals surface area contributed by atoms with Crippen LogP contribution in [0.25, 0.3) is 0 Å². The van der Waals surface area contributed by atoms with E-state index in [4.69, 9.17) is 10.5 Å². The Balaban J connectivity index is 0. The fourth-order valence-corrected chi connectivity index (χ4v) is 2.18. The average molecular weight is 499 g/mol. The van der Waals surface area contributed by atoms with E-state index in [0.717, 1.165) is 16.7 Å². The molecule has 0 saturated heterocycles. The molecule has 0 atom stereocenters. The smallest absolute Gasteiger partial charge is 0.192 e. The van der Waals surface area contributed by atoms with Crippen LogP contribution in [0.1, 0.15) is 49.9 Å². The van der Waals surface area contributed by atoms with Crippen LogP contribution in [-0.2, 0) is 0 Å². The molecular formula is C26H32IN2+. The van der Waals surface area contributed by atoms with Crippen molar-refractivity contribution in [1.29, 1.82) is 5.26 Å². The molecular weight excluding hydrogens is 467 g/mol. The summed E-state index contributed by atoms with van der Waals surface area (Å²) in [5, 5.41) is 15.2. The monoisotopic (exact) mass is 499 g/mol. The molecule has 0 heterocycles. The summed E-state index contributed by atoms with van der Waals surface area (Å²) in [6, 6.07) is 29.8. The molecule has 0 saturated carbocycles. The Bertz CT molecular complexity index is 842. The number of aryl methyl sites for hydroxylation is 2. The van der Waals surface area contributed by atoms with Gasteiger partial charge in [0, 0.05) is 3.57 Å². The maximum atomic E-state index is 8.41. The Labute approximate surface area is 191 Å². The van der Waals surface area contributed by atoms with E-state index in [9.17, 15) is 0 Å². The van der Waals surface area contributed by atoms with Crippen molar-refractivity contribution in [3.05, 3.63) is 105 Å². The summed E-state index contributed by atoms with van der Waals surface area (Å²) in [6.07, 6.45) is 0. The third kappa shape index (κ3) is 16.1. The van der Waals surface area contributed by atoms with Crippen LogP contribution in [0.5, 0.6) is 0 Å². The van der Waals surface area contributed by atoms with Crippen molar-refractivity contribution in [1.82, 2.24) is 0 Å². The Morgan fingerprint density at radius 2 is 1.24 bits per heavy atom. The molecule has 0 aromatic heterocycles. The van der Waals surface area contributed by atoms with Crippen LogP contribution in [0, 0.1) is 34.8 Å². The van der Waals surface area contributed by atoms with Gasteiger partial charge in [-0.2, -0.15) is 5.26 Å². The first-order valence-corrected chi connectivity index (χ1v) is 10.8. The topological polar surface area (TPSA) is 47.6 Å². The molecule has 0 radical (unpaired) electrons. The Morgan fingerprint density at radius 1 is 0.690 bits per heavy atom. The van der Waals surface area contributed by atoms with Crippen LogP contribution in [0.15, 0.2) is 78.9 Å². The molecule has 0 aliphatic heterocycles. The number of nitriles is 1. The van der Waals surface area contributed by atoms with Gasteiger partial charge >= 0.3 is 6.07 Å². The minimum atomic E-state index is 0.731. The Kier molecular flexibility index (Phi) is 19.8. The highest BCUT2D eigenvalue weighted by molar-refractivity contribution is 14.1. The van der Waals surface area contributed by atoms with Crippen molar-refractivity contribution in [3.8, 4) is 12.1 Å². The largest absolute Gasteiger partial charge is 0.308 e. The van der Waals surface area contributed by atoms with Crippen molar-refractivity contribution in [2.24, 2.45) is 0 Å². The summed E-state index contributed by atoms with van der Waals surface area (Å²) in [4.78, 5) is 0. The van der Waals surface area contributed by atoms with Crippen LogP contribution >= 0.6 is 22.6 Å². The van der Waals surface area contributed by atoms with Crippen LogP contribution in [0.4, 0.5) is 0 Å². The fourth-order valence-electron chi connectivity index (χ4n) is 1.77. The molecule has 1 N–H and O–H groups in total. The van der Waals surface area contributed by atoms with Gasteiger partial charge in [-0.25, -0.2) is 0 Å². The summed E-state index contributed by atoms with van der Waals surface area (Å²) >= 11 is 2.28. The summed E-state index contributed by atoms with van der Waals surface area (Å²) in [6.45, 7) is 12.0. The molecule has 0 unspecified atom stereocenters. The second-order valence-electron chi connectivity index (χ2n) is 5.27. The zero-order chi connectivity index (χ0) is 22.5.